The van der Waals surface area contributed by atoms with E-state index in [1.54, 1.807) is 0 Å². The fourth-order valence-corrected chi connectivity index (χ4v) is 0.333. The number of nitrogens with two attached hydrogens (primary N) is 2. The van der Waals surface area contributed by atoms with E-state index in [1.807, 2.05) is 0 Å². The molecule has 0 aromatic carbocycles. The SMILES string of the molecule is CC(=O)O.CC(=O)O.CCCC(N)N. The molecule has 0 saturated heterocycles. The average Bonchev–Trinajstić information content (AvgIpc) is 1.82. The molecule has 0 unspecified atom stereocenters. The van der Waals surface area contributed by atoms with Gasteiger partial charge in [0.2, 0.25) is 0 Å². The number of hydrogen-bond donors (Lipinski definition) is 4. The first-order valence-electron chi connectivity index (χ1n) is 4.14. The fraction of sp³-hybridized carbons (Fsp3) is 0.750. The van der Waals surface area contributed by atoms with Crippen LogP contribution in [-0.4, -0.2) is 28.3 Å². The zero-order chi connectivity index (χ0) is 12.1. The predicted octanol–water partition coefficient (Wildman–Crippen LogP) is 0.212. The van der Waals surface area contributed by atoms with Crippen molar-refractivity contribution in [3.8, 4) is 0 Å². The minimum Gasteiger partial charge on any atom is -0.481 e. The summed E-state index contributed by atoms with van der Waals surface area (Å²) in [5, 5.41) is 14.8. The summed E-state index contributed by atoms with van der Waals surface area (Å²) in [5.41, 5.74) is 10.4. The van der Waals surface area contributed by atoms with E-state index in [-0.39, 0.29) is 6.17 Å². The number of carbonyl (C=O) groups is 2. The third kappa shape index (κ3) is 305. The first kappa shape index (κ1) is 18.6. The Bertz CT molecular complexity index is 128. The minimum atomic E-state index is -0.833. The molecule has 0 saturated carbocycles. The van der Waals surface area contributed by atoms with Crippen molar-refractivity contribution >= 4 is 11.9 Å². The van der Waals surface area contributed by atoms with E-state index in [1.165, 1.54) is 0 Å². The quantitative estimate of drug-likeness (QED) is 0.480. The van der Waals surface area contributed by atoms with Gasteiger partial charge in [-0.2, -0.15) is 0 Å². The van der Waals surface area contributed by atoms with Crippen molar-refractivity contribution in [1.82, 2.24) is 0 Å². The van der Waals surface area contributed by atoms with E-state index >= 15 is 0 Å². The van der Waals surface area contributed by atoms with Crippen molar-refractivity contribution in [2.45, 2.75) is 39.8 Å². The second kappa shape index (κ2) is 14.4. The Hall–Kier alpha value is -1.14. The predicted molar refractivity (Wildman–Crippen MR) is 53.7 cm³/mol. The highest BCUT2D eigenvalue weighted by atomic mass is 16.4. The zero-order valence-electron chi connectivity index (χ0n) is 8.86. The molecule has 0 amide bonds. The Morgan fingerprint density at radius 1 is 1.14 bits per heavy atom. The lowest BCUT2D eigenvalue weighted by Gasteiger charge is -1.97. The molecular formula is C8H20N2O4. The first-order valence-corrected chi connectivity index (χ1v) is 4.14. The summed E-state index contributed by atoms with van der Waals surface area (Å²) in [7, 11) is 0. The molecule has 14 heavy (non-hydrogen) atoms. The number of aliphatic carboxylic acids is 2. The molecule has 6 heteroatoms. The lowest BCUT2D eigenvalue weighted by molar-refractivity contribution is -0.135. The fourth-order valence-electron chi connectivity index (χ4n) is 0.333. The summed E-state index contributed by atoms with van der Waals surface area (Å²) in [6.07, 6.45) is 1.91. The highest BCUT2D eigenvalue weighted by Gasteiger charge is 1.85. The maximum absolute atomic E-state index is 9.00. The third-order valence-corrected chi connectivity index (χ3v) is 0.622. The van der Waals surface area contributed by atoms with Crippen LogP contribution in [0.3, 0.4) is 0 Å². The summed E-state index contributed by atoms with van der Waals surface area (Å²) in [6.45, 7) is 4.23. The average molecular weight is 208 g/mol. The van der Waals surface area contributed by atoms with Gasteiger partial charge in [-0.3, -0.25) is 9.59 Å². The van der Waals surface area contributed by atoms with Gasteiger partial charge in [-0.05, 0) is 6.42 Å². The van der Waals surface area contributed by atoms with Crippen molar-refractivity contribution in [2.75, 3.05) is 0 Å². The number of carboxylic acids is 2. The van der Waals surface area contributed by atoms with E-state index < -0.39 is 11.9 Å². The normalized spacial score (nSPS) is 7.86. The summed E-state index contributed by atoms with van der Waals surface area (Å²) < 4.78 is 0. The van der Waals surface area contributed by atoms with Crippen LogP contribution in [0.25, 0.3) is 0 Å². The van der Waals surface area contributed by atoms with Crippen LogP contribution in [0.5, 0.6) is 0 Å². The maximum atomic E-state index is 9.00. The van der Waals surface area contributed by atoms with Gasteiger partial charge in [0, 0.05) is 13.8 Å². The van der Waals surface area contributed by atoms with Crippen molar-refractivity contribution in [3.05, 3.63) is 0 Å². The molecule has 6 nitrogen and oxygen atoms in total. The second-order valence-corrected chi connectivity index (χ2v) is 2.49. The zero-order valence-corrected chi connectivity index (χ0v) is 8.86. The Morgan fingerprint density at radius 2 is 1.36 bits per heavy atom. The van der Waals surface area contributed by atoms with Gasteiger partial charge in [-0.1, -0.05) is 13.3 Å². The van der Waals surface area contributed by atoms with Crippen molar-refractivity contribution < 1.29 is 19.8 Å². The van der Waals surface area contributed by atoms with Crippen molar-refractivity contribution in [3.63, 3.8) is 0 Å². The van der Waals surface area contributed by atoms with Gasteiger partial charge in [0.1, 0.15) is 0 Å². The molecule has 0 heterocycles. The van der Waals surface area contributed by atoms with Crippen LogP contribution in [0.2, 0.25) is 0 Å². The van der Waals surface area contributed by atoms with Gasteiger partial charge >= 0.3 is 0 Å². The minimum absolute atomic E-state index is 0.102. The molecule has 0 aliphatic heterocycles. The van der Waals surface area contributed by atoms with E-state index in [9.17, 15) is 0 Å². The van der Waals surface area contributed by atoms with Crippen LogP contribution in [0, 0.1) is 0 Å². The molecule has 0 radical (unpaired) electrons. The summed E-state index contributed by atoms with van der Waals surface area (Å²) >= 11 is 0. The standard InChI is InChI=1S/C4H12N2.2C2H4O2/c1-2-3-4(5)6;2*1-2(3)4/h4H,2-3,5-6H2,1H3;2*1H3,(H,3,4). The van der Waals surface area contributed by atoms with Crippen LogP contribution in [0.4, 0.5) is 0 Å². The molecule has 86 valence electrons. The summed E-state index contributed by atoms with van der Waals surface area (Å²) in [6, 6.07) is 0. The molecule has 0 fully saturated rings. The van der Waals surface area contributed by atoms with Gasteiger partial charge in [-0.25, -0.2) is 0 Å². The molecule has 0 aliphatic carbocycles. The molecule has 0 rings (SSSR count). The molecular weight excluding hydrogens is 188 g/mol. The van der Waals surface area contributed by atoms with Crippen LogP contribution in [-0.2, 0) is 9.59 Å². The lowest BCUT2D eigenvalue weighted by atomic mass is 10.3. The Morgan fingerprint density at radius 3 is 1.36 bits per heavy atom. The molecule has 0 aromatic heterocycles. The first-order chi connectivity index (χ1) is 6.23. The monoisotopic (exact) mass is 208 g/mol. The molecule has 0 spiro atoms. The van der Waals surface area contributed by atoms with Gasteiger partial charge in [-0.15, -0.1) is 0 Å². The maximum Gasteiger partial charge on any atom is 0.300 e. The van der Waals surface area contributed by atoms with Gasteiger partial charge < -0.3 is 21.7 Å². The van der Waals surface area contributed by atoms with Crippen LogP contribution >= 0.6 is 0 Å². The Balaban J connectivity index is -0.000000135. The molecule has 0 aromatic rings. The topological polar surface area (TPSA) is 127 Å². The van der Waals surface area contributed by atoms with Crippen LogP contribution in [0.15, 0.2) is 0 Å². The van der Waals surface area contributed by atoms with Gasteiger partial charge in [0.25, 0.3) is 11.9 Å². The lowest BCUT2D eigenvalue weighted by Crippen LogP contribution is -2.29. The van der Waals surface area contributed by atoms with E-state index in [2.05, 4.69) is 6.92 Å². The Labute approximate surface area is 83.9 Å². The number of rotatable bonds is 2. The molecule has 6 N–H and O–H groups in total. The van der Waals surface area contributed by atoms with Crippen molar-refractivity contribution in [2.24, 2.45) is 11.5 Å². The third-order valence-electron chi connectivity index (χ3n) is 0.622. The largest absolute Gasteiger partial charge is 0.481 e. The summed E-state index contributed by atoms with van der Waals surface area (Å²) in [5.74, 6) is -1.67. The van der Waals surface area contributed by atoms with E-state index in [4.69, 9.17) is 31.3 Å². The van der Waals surface area contributed by atoms with Crippen molar-refractivity contribution in [1.29, 1.82) is 0 Å². The molecule has 0 bridgehead atoms. The van der Waals surface area contributed by atoms with E-state index in [0.29, 0.717) is 0 Å². The smallest absolute Gasteiger partial charge is 0.300 e. The van der Waals surface area contributed by atoms with Gasteiger partial charge in [0.15, 0.2) is 0 Å². The summed E-state index contributed by atoms with van der Waals surface area (Å²) in [4.78, 5) is 18.0. The molecule has 0 atom stereocenters. The Kier molecular flexibility index (Phi) is 19.1. The molecule has 0 aliphatic rings. The van der Waals surface area contributed by atoms with Gasteiger partial charge in [0.05, 0.1) is 6.17 Å². The number of hydrogen-bond acceptors (Lipinski definition) is 4. The highest BCUT2D eigenvalue weighted by molar-refractivity contribution is 5.63. The van der Waals surface area contributed by atoms with Crippen LogP contribution in [0.1, 0.15) is 33.6 Å². The van der Waals surface area contributed by atoms with E-state index in [0.717, 1.165) is 26.7 Å². The number of carboxylic acid groups (broad SMARTS) is 2. The highest BCUT2D eigenvalue weighted by Crippen LogP contribution is 1.82. The van der Waals surface area contributed by atoms with Crippen LogP contribution < -0.4 is 11.5 Å². The second-order valence-electron chi connectivity index (χ2n) is 2.49.